The number of hydrogen-bond acceptors (Lipinski definition) is 4. The third kappa shape index (κ3) is 4.35. The van der Waals surface area contributed by atoms with Crippen molar-refractivity contribution in [2.45, 2.75) is 11.4 Å². The maximum absolute atomic E-state index is 12.3. The van der Waals surface area contributed by atoms with Crippen LogP contribution in [-0.2, 0) is 16.4 Å². The molecule has 5 nitrogen and oxygen atoms in total. The third-order valence-electron chi connectivity index (χ3n) is 3.62. The summed E-state index contributed by atoms with van der Waals surface area (Å²) in [6.07, 6.45) is 3.09. The van der Waals surface area contributed by atoms with Gasteiger partial charge < -0.3 is 4.57 Å². The number of sulfone groups is 1. The van der Waals surface area contributed by atoms with Gasteiger partial charge in [0.1, 0.15) is 11.4 Å². The van der Waals surface area contributed by atoms with Gasteiger partial charge in [0.05, 0.1) is 11.2 Å². The molecule has 0 amide bonds. The van der Waals surface area contributed by atoms with Gasteiger partial charge in [0.15, 0.2) is 15.6 Å². The van der Waals surface area contributed by atoms with E-state index in [2.05, 4.69) is 4.98 Å². The van der Waals surface area contributed by atoms with E-state index < -0.39 is 21.4 Å². The average molecular weight is 375 g/mol. The molecular formula is C18H15ClN2O3S. The van der Waals surface area contributed by atoms with Gasteiger partial charge in [0.25, 0.3) is 0 Å². The number of rotatable bonds is 6. The Balaban J connectivity index is 1.72. The first kappa shape index (κ1) is 17.4. The quantitative estimate of drug-likeness (QED) is 0.621. The second kappa shape index (κ2) is 7.21. The van der Waals surface area contributed by atoms with Crippen LogP contribution < -0.4 is 0 Å². The number of carbonyl (C=O) groups is 1. The van der Waals surface area contributed by atoms with Gasteiger partial charge in [-0.15, -0.1) is 0 Å². The summed E-state index contributed by atoms with van der Waals surface area (Å²) in [5, 5.41) is 0.435. The van der Waals surface area contributed by atoms with Gasteiger partial charge >= 0.3 is 0 Å². The maximum atomic E-state index is 12.3. The zero-order valence-electron chi connectivity index (χ0n) is 13.2. The van der Waals surface area contributed by atoms with Gasteiger partial charge in [-0.3, -0.25) is 4.79 Å². The van der Waals surface area contributed by atoms with Crippen molar-refractivity contribution in [3.05, 3.63) is 83.4 Å². The second-order valence-corrected chi connectivity index (χ2v) is 7.98. The molecule has 0 spiro atoms. The van der Waals surface area contributed by atoms with Crippen LogP contribution in [0.4, 0.5) is 0 Å². The molecule has 128 valence electrons. The van der Waals surface area contributed by atoms with E-state index in [1.807, 2.05) is 30.3 Å². The lowest BCUT2D eigenvalue weighted by Gasteiger charge is -2.03. The molecule has 2 aromatic carbocycles. The first-order valence-corrected chi connectivity index (χ1v) is 9.54. The molecule has 7 heteroatoms. The number of carbonyl (C=O) groups excluding carboxylic acids is 1. The minimum Gasteiger partial charge on any atom is -0.332 e. The standard InChI is InChI=1S/C18H15ClN2O3S/c19-15-6-8-16(9-7-15)25(23,24)12-18(22)17-11-21(13-20-17)10-14-4-2-1-3-5-14/h1-9,11,13H,10,12H2. The number of nitrogens with zero attached hydrogens (tertiary/aromatic N) is 2. The highest BCUT2D eigenvalue weighted by atomic mass is 35.5. The van der Waals surface area contributed by atoms with E-state index in [0.29, 0.717) is 11.6 Å². The predicted octanol–water partition coefficient (Wildman–Crippen LogP) is 3.24. The van der Waals surface area contributed by atoms with Crippen LogP contribution in [0, 0.1) is 0 Å². The van der Waals surface area contributed by atoms with Crippen molar-refractivity contribution in [2.24, 2.45) is 0 Å². The molecule has 0 fully saturated rings. The molecule has 0 aliphatic heterocycles. The lowest BCUT2D eigenvalue weighted by Crippen LogP contribution is -2.16. The van der Waals surface area contributed by atoms with Crippen molar-refractivity contribution in [2.75, 3.05) is 5.75 Å². The Morgan fingerprint density at radius 1 is 1.04 bits per heavy atom. The molecule has 1 heterocycles. The Bertz CT molecular complexity index is 981. The number of hydrogen-bond donors (Lipinski definition) is 0. The fraction of sp³-hybridized carbons (Fsp3) is 0.111. The van der Waals surface area contributed by atoms with E-state index >= 15 is 0 Å². The number of ketones is 1. The van der Waals surface area contributed by atoms with Crippen molar-refractivity contribution in [1.82, 2.24) is 9.55 Å². The number of benzene rings is 2. The molecule has 0 radical (unpaired) electrons. The molecule has 0 atom stereocenters. The highest BCUT2D eigenvalue weighted by molar-refractivity contribution is 7.92. The average Bonchev–Trinajstić information content (AvgIpc) is 3.04. The monoisotopic (exact) mass is 374 g/mol. The summed E-state index contributed by atoms with van der Waals surface area (Å²) in [5.74, 6) is -1.17. The second-order valence-electron chi connectivity index (χ2n) is 5.55. The van der Waals surface area contributed by atoms with Crippen LogP contribution in [-0.4, -0.2) is 29.5 Å². The molecule has 0 saturated carbocycles. The van der Waals surface area contributed by atoms with Gasteiger partial charge in [-0.25, -0.2) is 13.4 Å². The topological polar surface area (TPSA) is 69.0 Å². The number of imidazole rings is 1. The molecule has 0 aliphatic carbocycles. The third-order valence-corrected chi connectivity index (χ3v) is 5.51. The fourth-order valence-corrected chi connectivity index (χ4v) is 3.69. The first-order valence-electron chi connectivity index (χ1n) is 7.51. The Morgan fingerprint density at radius 3 is 2.40 bits per heavy atom. The summed E-state index contributed by atoms with van der Waals surface area (Å²) in [6.45, 7) is 0.561. The summed E-state index contributed by atoms with van der Waals surface area (Å²) < 4.78 is 26.4. The van der Waals surface area contributed by atoms with Crippen molar-refractivity contribution in [1.29, 1.82) is 0 Å². The largest absolute Gasteiger partial charge is 0.332 e. The minimum absolute atomic E-state index is 0.0639. The molecule has 0 saturated heterocycles. The van der Waals surface area contributed by atoms with E-state index in [1.165, 1.54) is 30.6 Å². The van der Waals surface area contributed by atoms with Crippen molar-refractivity contribution in [3.8, 4) is 0 Å². The normalized spacial score (nSPS) is 11.4. The Hall–Kier alpha value is -2.44. The van der Waals surface area contributed by atoms with Gasteiger partial charge in [-0.1, -0.05) is 41.9 Å². The van der Waals surface area contributed by atoms with Gasteiger partial charge in [-0.2, -0.15) is 0 Å². The Kier molecular flexibility index (Phi) is 5.01. The Labute approximate surface area is 150 Å². The molecule has 0 aliphatic rings. The van der Waals surface area contributed by atoms with Gasteiger partial charge in [-0.05, 0) is 29.8 Å². The smallest absolute Gasteiger partial charge is 0.198 e. The Morgan fingerprint density at radius 2 is 1.72 bits per heavy atom. The lowest BCUT2D eigenvalue weighted by molar-refractivity contribution is 0.101. The number of aromatic nitrogens is 2. The van der Waals surface area contributed by atoms with Gasteiger partial charge in [0.2, 0.25) is 0 Å². The van der Waals surface area contributed by atoms with Crippen LogP contribution in [0.5, 0.6) is 0 Å². The molecule has 0 bridgehead atoms. The van der Waals surface area contributed by atoms with Crippen LogP contribution in [0.1, 0.15) is 16.1 Å². The highest BCUT2D eigenvalue weighted by Gasteiger charge is 2.22. The molecule has 3 aromatic rings. The lowest BCUT2D eigenvalue weighted by atomic mass is 10.2. The van der Waals surface area contributed by atoms with E-state index in [9.17, 15) is 13.2 Å². The number of halogens is 1. The van der Waals surface area contributed by atoms with E-state index in [1.54, 1.807) is 10.8 Å². The summed E-state index contributed by atoms with van der Waals surface area (Å²) in [6, 6.07) is 15.4. The molecule has 0 N–H and O–H groups in total. The summed E-state index contributed by atoms with van der Waals surface area (Å²) in [4.78, 5) is 16.4. The van der Waals surface area contributed by atoms with Crippen LogP contribution in [0.25, 0.3) is 0 Å². The molecule has 0 unspecified atom stereocenters. The van der Waals surface area contributed by atoms with Crippen molar-refractivity contribution in [3.63, 3.8) is 0 Å². The van der Waals surface area contributed by atoms with E-state index in [4.69, 9.17) is 11.6 Å². The number of Topliss-reactive ketones (excluding diaryl/α,β-unsaturated/α-hetero) is 1. The zero-order chi connectivity index (χ0) is 17.9. The maximum Gasteiger partial charge on any atom is 0.198 e. The van der Waals surface area contributed by atoms with E-state index in [-0.39, 0.29) is 10.6 Å². The molecule has 25 heavy (non-hydrogen) atoms. The molecule has 3 rings (SSSR count). The van der Waals surface area contributed by atoms with Gasteiger partial charge in [0, 0.05) is 17.8 Å². The summed E-state index contributed by atoms with van der Waals surface area (Å²) in [7, 11) is -3.73. The molecule has 1 aromatic heterocycles. The van der Waals surface area contributed by atoms with E-state index in [0.717, 1.165) is 5.56 Å². The van der Waals surface area contributed by atoms with Crippen LogP contribution in [0.15, 0.2) is 72.0 Å². The van der Waals surface area contributed by atoms with Crippen LogP contribution in [0.3, 0.4) is 0 Å². The van der Waals surface area contributed by atoms with Crippen molar-refractivity contribution < 1.29 is 13.2 Å². The predicted molar refractivity (Wildman–Crippen MR) is 95.6 cm³/mol. The zero-order valence-corrected chi connectivity index (χ0v) is 14.7. The van der Waals surface area contributed by atoms with Crippen LogP contribution >= 0.6 is 11.6 Å². The summed E-state index contributed by atoms with van der Waals surface area (Å²) in [5.41, 5.74) is 1.20. The highest BCUT2D eigenvalue weighted by Crippen LogP contribution is 2.16. The summed E-state index contributed by atoms with van der Waals surface area (Å²) >= 11 is 5.76. The SMILES string of the molecule is O=C(CS(=O)(=O)c1ccc(Cl)cc1)c1cn(Cc2ccccc2)cn1. The van der Waals surface area contributed by atoms with Crippen molar-refractivity contribution >= 4 is 27.2 Å². The fourth-order valence-electron chi connectivity index (χ4n) is 2.36. The minimum atomic E-state index is -3.73. The van der Waals surface area contributed by atoms with Crippen LogP contribution in [0.2, 0.25) is 5.02 Å². The molecular weight excluding hydrogens is 360 g/mol. The first-order chi connectivity index (χ1) is 11.9.